The van der Waals surface area contributed by atoms with Crippen LogP contribution in [0.5, 0.6) is 0 Å². The molecule has 6 rings (SSSR count). The maximum atomic E-state index is 2.59. The molecule has 0 radical (unpaired) electrons. The number of nitrogens with zero attached hydrogens (tertiary/aromatic N) is 3. The van der Waals surface area contributed by atoms with Crippen LogP contribution in [0.25, 0.3) is 11.1 Å². The van der Waals surface area contributed by atoms with E-state index in [4.69, 9.17) is 0 Å². The lowest BCUT2D eigenvalue weighted by Crippen LogP contribution is -2.59. The Morgan fingerprint density at radius 2 is 1.33 bits per heavy atom. The molecule has 1 fully saturated rings. The van der Waals surface area contributed by atoms with E-state index in [9.17, 15) is 0 Å². The fourth-order valence-corrected chi connectivity index (χ4v) is 5.16. The van der Waals surface area contributed by atoms with Crippen molar-refractivity contribution in [3.8, 4) is 11.1 Å². The van der Waals surface area contributed by atoms with Crippen molar-refractivity contribution in [3.05, 3.63) is 120 Å². The maximum Gasteiger partial charge on any atom is 0.0842 e. The van der Waals surface area contributed by atoms with Crippen molar-refractivity contribution in [2.24, 2.45) is 7.05 Å². The summed E-state index contributed by atoms with van der Waals surface area (Å²) in [5.41, 5.74) is 8.26. The van der Waals surface area contributed by atoms with Gasteiger partial charge in [0.05, 0.1) is 5.54 Å². The van der Waals surface area contributed by atoms with Gasteiger partial charge in [0.25, 0.3) is 0 Å². The van der Waals surface area contributed by atoms with Gasteiger partial charge in [-0.25, -0.2) is 0 Å². The molecular weight excluding hydrogens is 402 g/mol. The van der Waals surface area contributed by atoms with Gasteiger partial charge in [-0.15, -0.1) is 0 Å². The normalized spacial score (nSPS) is 16.7. The molecule has 0 bridgehead atoms. The molecule has 2 aliphatic carbocycles. The number of fused-ring (bicyclic) bond motifs is 1. The minimum absolute atomic E-state index is 0.119. The molecule has 0 N–H and O–H groups in total. The molecule has 0 unspecified atom stereocenters. The standard InChI is InChI=1S/C23H27N3.C7H6/c1-24-15-9-14-22(24)18-26-17-16-25(2)23(19-26,20-10-5-3-6-11-20)21-12-7-4-8-13-21;1-5-2-6-4-7(6)3-5/h3-15H,16-19H2,1-2H3;2-4H,1H3. The lowest BCUT2D eigenvalue weighted by Gasteiger charge is -2.50. The van der Waals surface area contributed by atoms with Gasteiger partial charge in [0, 0.05) is 45.1 Å². The average Bonchev–Trinajstić information content (AvgIpc) is 3.25. The summed E-state index contributed by atoms with van der Waals surface area (Å²) in [7, 11) is 4.40. The van der Waals surface area contributed by atoms with Crippen LogP contribution in [0.2, 0.25) is 0 Å². The average molecular weight is 436 g/mol. The summed E-state index contributed by atoms with van der Waals surface area (Å²) in [6, 6.07) is 32.9. The molecule has 168 valence electrons. The van der Waals surface area contributed by atoms with Crippen LogP contribution in [0.1, 0.15) is 22.4 Å². The molecule has 0 amide bonds. The van der Waals surface area contributed by atoms with E-state index in [-0.39, 0.29) is 5.54 Å². The highest BCUT2D eigenvalue weighted by molar-refractivity contribution is 5.82. The predicted octanol–water partition coefficient (Wildman–Crippen LogP) is 5.69. The number of likely N-dealkylation sites (N-methyl/N-ethyl adjacent to an activating group) is 1. The molecule has 0 atom stereocenters. The number of hydrogen-bond donors (Lipinski definition) is 0. The fourth-order valence-electron chi connectivity index (χ4n) is 5.16. The Morgan fingerprint density at radius 3 is 1.82 bits per heavy atom. The summed E-state index contributed by atoms with van der Waals surface area (Å²) in [6.45, 7) is 6.23. The molecule has 3 aromatic rings. The Kier molecular flexibility index (Phi) is 5.92. The number of rotatable bonds is 4. The van der Waals surface area contributed by atoms with Gasteiger partial charge in [-0.3, -0.25) is 9.80 Å². The van der Waals surface area contributed by atoms with Gasteiger partial charge in [-0.1, -0.05) is 72.8 Å². The Bertz CT molecular complexity index is 1150. The van der Waals surface area contributed by atoms with Crippen LogP contribution in [0, 0.1) is 6.92 Å². The van der Waals surface area contributed by atoms with Gasteiger partial charge >= 0.3 is 0 Å². The quantitative estimate of drug-likeness (QED) is 0.359. The van der Waals surface area contributed by atoms with E-state index < -0.39 is 0 Å². The van der Waals surface area contributed by atoms with Crippen molar-refractivity contribution < 1.29 is 0 Å². The van der Waals surface area contributed by atoms with E-state index in [0.717, 1.165) is 26.2 Å². The summed E-state index contributed by atoms with van der Waals surface area (Å²) < 4.78 is 2.23. The summed E-state index contributed by atoms with van der Waals surface area (Å²) in [5, 5.41) is 0. The van der Waals surface area contributed by atoms with Gasteiger partial charge < -0.3 is 4.57 Å². The van der Waals surface area contributed by atoms with Crippen LogP contribution in [-0.4, -0.2) is 41.0 Å². The van der Waals surface area contributed by atoms with Crippen LogP contribution in [-0.2, 0) is 19.1 Å². The zero-order chi connectivity index (χ0) is 22.8. The first-order valence-electron chi connectivity index (χ1n) is 11.8. The summed E-state index contributed by atoms with van der Waals surface area (Å²) in [6.07, 6.45) is 2.13. The van der Waals surface area contributed by atoms with Crippen molar-refractivity contribution in [2.75, 3.05) is 26.7 Å². The number of benzene rings is 3. The summed E-state index contributed by atoms with van der Waals surface area (Å²) in [5.74, 6) is 0. The van der Waals surface area contributed by atoms with E-state index in [2.05, 4.69) is 133 Å². The first-order valence-corrected chi connectivity index (χ1v) is 11.8. The lowest BCUT2D eigenvalue weighted by atomic mass is 9.79. The molecule has 3 heteroatoms. The van der Waals surface area contributed by atoms with Crippen molar-refractivity contribution in [1.82, 2.24) is 14.4 Å². The number of piperazine rings is 1. The van der Waals surface area contributed by atoms with Crippen molar-refractivity contribution in [1.29, 1.82) is 0 Å². The Balaban J connectivity index is 0.000000274. The van der Waals surface area contributed by atoms with Gasteiger partial charge in [0.15, 0.2) is 0 Å². The second-order valence-electron chi connectivity index (χ2n) is 9.42. The van der Waals surface area contributed by atoms with Crippen molar-refractivity contribution >= 4 is 0 Å². The third kappa shape index (κ3) is 4.39. The number of hydrogen-bond acceptors (Lipinski definition) is 2. The van der Waals surface area contributed by atoms with Crippen molar-refractivity contribution in [2.45, 2.75) is 19.0 Å². The predicted molar refractivity (Wildman–Crippen MR) is 137 cm³/mol. The smallest absolute Gasteiger partial charge is 0.0842 e. The third-order valence-corrected chi connectivity index (χ3v) is 7.12. The van der Waals surface area contributed by atoms with Gasteiger partial charge in [-0.05, 0) is 60.0 Å². The van der Waals surface area contributed by atoms with E-state index >= 15 is 0 Å². The van der Waals surface area contributed by atoms with Crippen LogP contribution >= 0.6 is 0 Å². The number of aromatic nitrogens is 1. The largest absolute Gasteiger partial charge is 0.353 e. The topological polar surface area (TPSA) is 11.4 Å². The SMILES string of the molecule is CN1CCN(Cc2cccn2C)CC1(c1ccccc1)c1ccccc1.Cc1cc2cc-2c1. The molecule has 1 saturated heterocycles. The second-order valence-corrected chi connectivity index (χ2v) is 9.42. The summed E-state index contributed by atoms with van der Waals surface area (Å²) in [4.78, 5) is 5.12. The maximum absolute atomic E-state index is 2.59. The highest BCUT2D eigenvalue weighted by atomic mass is 15.3. The molecule has 0 saturated carbocycles. The van der Waals surface area contributed by atoms with Crippen LogP contribution in [0.15, 0.2) is 97.2 Å². The Morgan fingerprint density at radius 1 is 0.727 bits per heavy atom. The highest BCUT2D eigenvalue weighted by Crippen LogP contribution is 2.38. The summed E-state index contributed by atoms with van der Waals surface area (Å²) >= 11 is 0. The minimum atomic E-state index is -0.119. The van der Waals surface area contributed by atoms with Gasteiger partial charge in [0.1, 0.15) is 0 Å². The monoisotopic (exact) mass is 435 g/mol. The van der Waals surface area contributed by atoms with E-state index in [1.807, 2.05) is 0 Å². The Labute approximate surface area is 197 Å². The Hall–Kier alpha value is -3.14. The fraction of sp³-hybridized carbons (Fsp3) is 0.267. The molecule has 0 spiro atoms. The molecule has 3 nitrogen and oxygen atoms in total. The van der Waals surface area contributed by atoms with E-state index in [1.165, 1.54) is 33.5 Å². The first-order chi connectivity index (χ1) is 16.1. The van der Waals surface area contributed by atoms with Gasteiger partial charge in [-0.2, -0.15) is 0 Å². The van der Waals surface area contributed by atoms with Gasteiger partial charge in [0.2, 0.25) is 0 Å². The van der Waals surface area contributed by atoms with Crippen LogP contribution in [0.4, 0.5) is 0 Å². The first kappa shape index (κ1) is 21.7. The number of aryl methyl sites for hydroxylation is 2. The zero-order valence-corrected chi connectivity index (χ0v) is 19.9. The zero-order valence-electron chi connectivity index (χ0n) is 19.9. The lowest BCUT2D eigenvalue weighted by molar-refractivity contribution is 0.0345. The van der Waals surface area contributed by atoms with Crippen LogP contribution < -0.4 is 0 Å². The van der Waals surface area contributed by atoms with E-state index in [0.29, 0.717) is 0 Å². The van der Waals surface area contributed by atoms with E-state index in [1.54, 1.807) is 0 Å². The molecule has 2 heterocycles. The molecule has 2 aromatic carbocycles. The van der Waals surface area contributed by atoms with Crippen LogP contribution in [0.3, 0.4) is 0 Å². The molecule has 33 heavy (non-hydrogen) atoms. The molecule has 3 aliphatic rings. The molecular formula is C30H33N3. The highest BCUT2D eigenvalue weighted by Gasteiger charge is 2.42. The minimum Gasteiger partial charge on any atom is -0.353 e. The molecule has 1 aliphatic heterocycles. The third-order valence-electron chi connectivity index (χ3n) is 7.12. The van der Waals surface area contributed by atoms with Crippen molar-refractivity contribution in [3.63, 3.8) is 0 Å². The second kappa shape index (κ2) is 9.01. The molecule has 1 aromatic heterocycles.